The quantitative estimate of drug-likeness (QED) is 0.0211. The van der Waals surface area contributed by atoms with Crippen molar-refractivity contribution in [2.75, 3.05) is 47.5 Å². The van der Waals surface area contributed by atoms with E-state index >= 15 is 0 Å². The third kappa shape index (κ3) is 82.8. The molecule has 2 unspecified atom stereocenters. The van der Waals surface area contributed by atoms with E-state index in [9.17, 15) is 19.0 Å². The summed E-state index contributed by atoms with van der Waals surface area (Å²) >= 11 is 0. The standard InChI is InChI=1S/C90H156NO8P/c1-6-8-10-12-14-16-18-20-22-24-26-28-30-32-34-36-38-40-42-44-45-47-49-51-53-55-57-59-61-63-65-67-69-71-73-75-77-79-81-83-90(93)99-88(87-98-100(94,95)97-85-84-91(3,4)5)86-96-89(92)82-80-78-76-74-72-70-68-66-64-62-60-58-56-54-52-50-48-46-43-41-39-37-35-33-31-29-27-25-23-21-19-17-15-13-11-9-7-2/h8,10,14,16,20,22,25-28,32,34,38,40,44-45,49,51,55,57,61,63,67,69,88H,6-7,9,11-13,15,17-19,21,23-24,29-31,33,35-37,39,41-43,46-48,50,52-54,56,58-60,62,64-66,68,70-87H2,1-5H3/p+1/b10-8-,16-14-,22-20-,27-25-,28-26-,34-32-,40-38-,45-44-,51-49-,57-55-,63-61-,69-67-. The number of quaternary nitrogens is 1. The van der Waals surface area contributed by atoms with Gasteiger partial charge in [-0.25, -0.2) is 4.57 Å². The summed E-state index contributed by atoms with van der Waals surface area (Å²) in [5, 5.41) is 0. The van der Waals surface area contributed by atoms with Crippen LogP contribution in [0.5, 0.6) is 0 Å². The second-order valence-corrected chi connectivity index (χ2v) is 30.2. The maximum Gasteiger partial charge on any atom is 0.472 e. The fraction of sp³-hybridized carbons (Fsp3) is 0.711. The van der Waals surface area contributed by atoms with E-state index in [2.05, 4.69) is 160 Å². The van der Waals surface area contributed by atoms with Gasteiger partial charge >= 0.3 is 19.8 Å². The van der Waals surface area contributed by atoms with Crippen molar-refractivity contribution in [1.82, 2.24) is 0 Å². The number of likely N-dealkylation sites (N-methyl/N-ethyl adjacent to an activating group) is 1. The van der Waals surface area contributed by atoms with Crippen LogP contribution in [0.1, 0.15) is 361 Å². The highest BCUT2D eigenvalue weighted by atomic mass is 31.2. The Labute approximate surface area is 618 Å². The highest BCUT2D eigenvalue weighted by Gasteiger charge is 2.27. The predicted molar refractivity (Wildman–Crippen MR) is 436 cm³/mol. The molecule has 0 bridgehead atoms. The number of nitrogens with zero attached hydrogens (tertiary/aromatic N) is 1. The zero-order valence-electron chi connectivity index (χ0n) is 65.6. The molecule has 0 spiro atoms. The number of allylic oxidation sites excluding steroid dienone is 24. The molecule has 1 N–H and O–H groups in total. The summed E-state index contributed by atoms with van der Waals surface area (Å²) < 4.78 is 34.8. The summed E-state index contributed by atoms with van der Waals surface area (Å²) in [5.41, 5.74) is 0. The summed E-state index contributed by atoms with van der Waals surface area (Å²) in [6, 6.07) is 0. The van der Waals surface area contributed by atoms with Gasteiger partial charge in [0.15, 0.2) is 6.10 Å². The zero-order chi connectivity index (χ0) is 72.5. The minimum atomic E-state index is -4.41. The number of phosphoric acid groups is 1. The Balaban J connectivity index is 4.03. The highest BCUT2D eigenvalue weighted by Crippen LogP contribution is 2.43. The smallest absolute Gasteiger partial charge is 0.462 e. The van der Waals surface area contributed by atoms with Gasteiger partial charge in [-0.15, -0.1) is 0 Å². The molecule has 0 heterocycles. The molecule has 0 aromatic rings. The first kappa shape index (κ1) is 95.9. The normalized spacial score (nSPS) is 13.8. The monoisotopic (exact) mass is 1410 g/mol. The van der Waals surface area contributed by atoms with E-state index in [1.54, 1.807) is 0 Å². The molecule has 0 aliphatic rings. The van der Waals surface area contributed by atoms with E-state index in [1.807, 2.05) is 21.1 Å². The molecule has 0 saturated carbocycles. The number of carbonyl (C=O) groups excluding carboxylic acids is 2. The molecular formula is C90H157NO8P+. The van der Waals surface area contributed by atoms with E-state index in [0.29, 0.717) is 17.4 Å². The molecule has 0 saturated heterocycles. The summed E-state index contributed by atoms with van der Waals surface area (Å²) in [7, 11) is 1.46. The molecule has 0 radical (unpaired) electrons. The van der Waals surface area contributed by atoms with Crippen LogP contribution in [0.25, 0.3) is 0 Å². The topological polar surface area (TPSA) is 108 Å². The lowest BCUT2D eigenvalue weighted by Crippen LogP contribution is -2.37. The van der Waals surface area contributed by atoms with Gasteiger partial charge in [0, 0.05) is 12.8 Å². The molecule has 0 fully saturated rings. The minimum Gasteiger partial charge on any atom is -0.462 e. The number of rotatable bonds is 76. The van der Waals surface area contributed by atoms with Crippen molar-refractivity contribution in [1.29, 1.82) is 0 Å². The van der Waals surface area contributed by atoms with Crippen molar-refractivity contribution in [3.63, 3.8) is 0 Å². The Kier molecular flexibility index (Phi) is 75.8. The number of phosphoric ester groups is 1. The predicted octanol–water partition coefficient (Wildman–Crippen LogP) is 28.1. The Hall–Kier alpha value is -4.11. The molecule has 0 aromatic heterocycles. The van der Waals surface area contributed by atoms with Gasteiger partial charge in [-0.2, -0.15) is 0 Å². The van der Waals surface area contributed by atoms with Crippen LogP contribution in [-0.2, 0) is 32.7 Å². The van der Waals surface area contributed by atoms with Crippen molar-refractivity contribution in [3.8, 4) is 0 Å². The Morgan fingerprint density at radius 2 is 0.570 bits per heavy atom. The van der Waals surface area contributed by atoms with Crippen LogP contribution in [0.2, 0.25) is 0 Å². The Morgan fingerprint density at radius 3 is 0.860 bits per heavy atom. The molecule has 0 aromatic carbocycles. The molecule has 9 nitrogen and oxygen atoms in total. The molecule has 100 heavy (non-hydrogen) atoms. The molecule has 0 amide bonds. The van der Waals surface area contributed by atoms with Crippen LogP contribution < -0.4 is 0 Å². The third-order valence-corrected chi connectivity index (χ3v) is 18.8. The molecule has 574 valence electrons. The van der Waals surface area contributed by atoms with Crippen molar-refractivity contribution in [3.05, 3.63) is 146 Å². The second-order valence-electron chi connectivity index (χ2n) is 28.8. The maximum atomic E-state index is 12.9. The van der Waals surface area contributed by atoms with Gasteiger partial charge in [-0.05, 0) is 122 Å². The first-order chi connectivity index (χ1) is 49.0. The number of hydrogen-bond acceptors (Lipinski definition) is 7. The Morgan fingerprint density at radius 1 is 0.320 bits per heavy atom. The van der Waals surface area contributed by atoms with Gasteiger partial charge in [0.2, 0.25) is 0 Å². The summed E-state index contributed by atoms with van der Waals surface area (Å²) in [4.78, 5) is 36.0. The van der Waals surface area contributed by atoms with Gasteiger partial charge in [-0.1, -0.05) is 372 Å². The van der Waals surface area contributed by atoms with Crippen molar-refractivity contribution in [2.45, 2.75) is 367 Å². The van der Waals surface area contributed by atoms with Gasteiger partial charge in [0.05, 0.1) is 27.7 Å². The Bertz CT molecular complexity index is 2210. The van der Waals surface area contributed by atoms with Gasteiger partial charge in [0.25, 0.3) is 0 Å². The molecule has 0 aliphatic heterocycles. The molecule has 10 heteroatoms. The van der Waals surface area contributed by atoms with Crippen LogP contribution in [0, 0.1) is 0 Å². The second kappa shape index (κ2) is 79.0. The van der Waals surface area contributed by atoms with Gasteiger partial charge in [-0.3, -0.25) is 18.6 Å². The maximum absolute atomic E-state index is 12.9. The largest absolute Gasteiger partial charge is 0.472 e. The summed E-state index contributed by atoms with van der Waals surface area (Å²) in [5.74, 6) is -0.815. The lowest BCUT2D eigenvalue weighted by atomic mass is 10.0. The first-order valence-corrected chi connectivity index (χ1v) is 43.1. The van der Waals surface area contributed by atoms with Crippen LogP contribution in [-0.4, -0.2) is 74.9 Å². The number of ether oxygens (including phenoxy) is 2. The van der Waals surface area contributed by atoms with Crippen LogP contribution in [0.3, 0.4) is 0 Å². The van der Waals surface area contributed by atoms with E-state index in [0.717, 1.165) is 122 Å². The highest BCUT2D eigenvalue weighted by molar-refractivity contribution is 7.47. The van der Waals surface area contributed by atoms with Crippen molar-refractivity contribution >= 4 is 19.8 Å². The van der Waals surface area contributed by atoms with Crippen LogP contribution in [0.15, 0.2) is 146 Å². The average Bonchev–Trinajstić information content (AvgIpc) is 1.07. The number of hydrogen-bond donors (Lipinski definition) is 1. The van der Waals surface area contributed by atoms with E-state index in [-0.39, 0.29) is 32.0 Å². The number of carbonyl (C=O) groups is 2. The van der Waals surface area contributed by atoms with Crippen molar-refractivity contribution in [2.24, 2.45) is 0 Å². The SMILES string of the molecule is CC/C=C\C/C=C\C/C=C\C/C=C\C/C=C\C/C=C\C/C=C\C/C=C\C/C=C\C/C=C\C/C=C\CCCCCCCC(=O)OC(COC(=O)CCCCCCCCCCCCCCCCCCCCCCCCCCC/C=C\CCCCCCCCCC)COP(=O)(O)OCC[N+](C)(C)C. The zero-order valence-corrected chi connectivity index (χ0v) is 66.5. The third-order valence-electron chi connectivity index (χ3n) is 17.9. The molecular weight excluding hydrogens is 1250 g/mol. The fourth-order valence-electron chi connectivity index (χ4n) is 11.5. The number of esters is 2. The summed E-state index contributed by atoms with van der Waals surface area (Å²) in [6.45, 7) is 4.32. The van der Waals surface area contributed by atoms with E-state index < -0.39 is 26.5 Å². The first-order valence-electron chi connectivity index (χ1n) is 41.6. The van der Waals surface area contributed by atoms with Crippen molar-refractivity contribution < 1.29 is 42.1 Å². The molecule has 0 aliphatic carbocycles. The lowest BCUT2D eigenvalue weighted by molar-refractivity contribution is -0.870. The summed E-state index contributed by atoms with van der Waals surface area (Å²) in [6.07, 6.45) is 117. The van der Waals surface area contributed by atoms with Gasteiger partial charge in [0.1, 0.15) is 19.8 Å². The van der Waals surface area contributed by atoms with Gasteiger partial charge < -0.3 is 18.9 Å². The average molecular weight is 1410 g/mol. The molecule has 2 atom stereocenters. The van der Waals surface area contributed by atoms with E-state index in [4.69, 9.17) is 18.5 Å². The minimum absolute atomic E-state index is 0.0220. The lowest BCUT2D eigenvalue weighted by Gasteiger charge is -2.24. The van der Waals surface area contributed by atoms with Crippen LogP contribution in [0.4, 0.5) is 0 Å². The number of unbranched alkanes of at least 4 members (excludes halogenated alkanes) is 38. The fourth-order valence-corrected chi connectivity index (χ4v) is 12.3. The van der Waals surface area contributed by atoms with E-state index in [1.165, 1.54) is 205 Å². The van der Waals surface area contributed by atoms with Crippen LogP contribution >= 0.6 is 7.82 Å². The molecule has 0 rings (SSSR count).